The lowest BCUT2D eigenvalue weighted by Crippen LogP contribution is -2.25. The van der Waals surface area contributed by atoms with E-state index in [-0.39, 0.29) is 11.7 Å². The minimum Gasteiger partial charge on any atom is -0.497 e. The van der Waals surface area contributed by atoms with Crippen molar-refractivity contribution in [3.63, 3.8) is 0 Å². The first-order valence-corrected chi connectivity index (χ1v) is 10.2. The molecule has 10 heteroatoms. The standard InChI is InChI=1S/C18H25N7O2S/c1-27-15-9-7-13(8-10-15)11-20-16(26)12-28-18-24-23-17(25(18)19)22-21-14-5-3-2-4-6-14/h7-10H,2-6,11-12,19H2,1H3,(H,20,26)(H,22,23). The van der Waals surface area contributed by atoms with E-state index in [1.807, 2.05) is 24.3 Å². The molecule has 1 aliphatic carbocycles. The van der Waals surface area contributed by atoms with E-state index in [0.29, 0.717) is 17.6 Å². The van der Waals surface area contributed by atoms with Crippen LogP contribution in [0, 0.1) is 0 Å². The number of hydrogen-bond donors (Lipinski definition) is 3. The number of hydrogen-bond acceptors (Lipinski definition) is 8. The summed E-state index contributed by atoms with van der Waals surface area (Å²) in [7, 11) is 1.62. The van der Waals surface area contributed by atoms with Crippen LogP contribution in [0.3, 0.4) is 0 Å². The summed E-state index contributed by atoms with van der Waals surface area (Å²) >= 11 is 1.22. The number of carbonyl (C=O) groups excluding carboxylic acids is 1. The molecule has 4 N–H and O–H groups in total. The zero-order valence-corrected chi connectivity index (χ0v) is 16.7. The molecule has 0 unspecified atom stereocenters. The Morgan fingerprint density at radius 3 is 2.71 bits per heavy atom. The van der Waals surface area contributed by atoms with Crippen molar-refractivity contribution in [1.82, 2.24) is 20.2 Å². The van der Waals surface area contributed by atoms with Gasteiger partial charge in [0.15, 0.2) is 0 Å². The van der Waals surface area contributed by atoms with Crippen molar-refractivity contribution >= 4 is 29.3 Å². The highest BCUT2D eigenvalue weighted by molar-refractivity contribution is 7.99. The second-order valence-corrected chi connectivity index (χ2v) is 7.38. The van der Waals surface area contributed by atoms with Crippen molar-refractivity contribution in [1.29, 1.82) is 0 Å². The fourth-order valence-electron chi connectivity index (χ4n) is 2.78. The number of aromatic nitrogens is 3. The number of methoxy groups -OCH3 is 1. The molecule has 0 aliphatic heterocycles. The van der Waals surface area contributed by atoms with Crippen LogP contribution in [-0.4, -0.2) is 39.4 Å². The Kier molecular flexibility index (Phi) is 7.12. The number of rotatable bonds is 8. The molecule has 1 amide bonds. The van der Waals surface area contributed by atoms with Gasteiger partial charge in [0.2, 0.25) is 11.1 Å². The van der Waals surface area contributed by atoms with Crippen LogP contribution in [0.25, 0.3) is 0 Å². The third-order valence-corrected chi connectivity index (χ3v) is 5.33. The van der Waals surface area contributed by atoms with Crippen LogP contribution in [0.4, 0.5) is 5.95 Å². The van der Waals surface area contributed by atoms with Crippen LogP contribution >= 0.6 is 11.8 Å². The minimum atomic E-state index is -0.110. The van der Waals surface area contributed by atoms with Gasteiger partial charge < -0.3 is 15.9 Å². The molecule has 2 aromatic rings. The molecule has 0 atom stereocenters. The lowest BCUT2D eigenvalue weighted by Gasteiger charge is -2.12. The van der Waals surface area contributed by atoms with Gasteiger partial charge in [0, 0.05) is 12.3 Å². The van der Waals surface area contributed by atoms with Gasteiger partial charge in [0.1, 0.15) is 5.75 Å². The Labute approximate surface area is 168 Å². The van der Waals surface area contributed by atoms with E-state index in [1.165, 1.54) is 35.7 Å². The van der Waals surface area contributed by atoms with E-state index in [0.717, 1.165) is 29.9 Å². The number of hydrazone groups is 1. The van der Waals surface area contributed by atoms with Gasteiger partial charge in [0.25, 0.3) is 5.95 Å². The van der Waals surface area contributed by atoms with Crippen molar-refractivity contribution in [3.05, 3.63) is 29.8 Å². The summed E-state index contributed by atoms with van der Waals surface area (Å²) in [5.74, 6) is 7.22. The largest absolute Gasteiger partial charge is 0.497 e. The van der Waals surface area contributed by atoms with Crippen molar-refractivity contribution in [2.75, 3.05) is 24.1 Å². The summed E-state index contributed by atoms with van der Waals surface area (Å²) < 4.78 is 6.43. The highest BCUT2D eigenvalue weighted by Crippen LogP contribution is 2.18. The Morgan fingerprint density at radius 2 is 2.00 bits per heavy atom. The third kappa shape index (κ3) is 5.62. The molecule has 0 saturated heterocycles. The molecule has 0 spiro atoms. The molecule has 28 heavy (non-hydrogen) atoms. The maximum Gasteiger partial charge on any atom is 0.264 e. The van der Waals surface area contributed by atoms with E-state index in [2.05, 4.69) is 26.0 Å². The average Bonchev–Trinajstić information content (AvgIpc) is 3.09. The van der Waals surface area contributed by atoms with Crippen LogP contribution in [0.15, 0.2) is 34.5 Å². The van der Waals surface area contributed by atoms with E-state index >= 15 is 0 Å². The van der Waals surface area contributed by atoms with Crippen molar-refractivity contribution in [3.8, 4) is 5.75 Å². The Balaban J connectivity index is 1.44. The minimum absolute atomic E-state index is 0.110. The first kappa shape index (κ1) is 20.0. The van der Waals surface area contributed by atoms with Crippen molar-refractivity contribution in [2.24, 2.45) is 5.10 Å². The molecular weight excluding hydrogens is 378 g/mol. The number of nitrogens with zero attached hydrogens (tertiary/aromatic N) is 4. The highest BCUT2D eigenvalue weighted by Gasteiger charge is 2.13. The zero-order valence-electron chi connectivity index (χ0n) is 15.9. The maximum absolute atomic E-state index is 12.1. The molecule has 1 aliphatic rings. The summed E-state index contributed by atoms with van der Waals surface area (Å²) in [6.45, 7) is 0.447. The smallest absolute Gasteiger partial charge is 0.264 e. The van der Waals surface area contributed by atoms with E-state index in [4.69, 9.17) is 10.6 Å². The number of nitrogens with one attached hydrogen (secondary N) is 2. The Bertz CT molecular complexity index is 812. The number of benzene rings is 1. The van der Waals surface area contributed by atoms with Gasteiger partial charge in [-0.25, -0.2) is 10.1 Å². The van der Waals surface area contributed by atoms with Crippen LogP contribution < -0.4 is 21.3 Å². The average molecular weight is 404 g/mol. The van der Waals surface area contributed by atoms with Crippen LogP contribution in [0.1, 0.15) is 37.7 Å². The normalized spacial score (nSPS) is 13.8. The van der Waals surface area contributed by atoms with Crippen LogP contribution in [-0.2, 0) is 11.3 Å². The summed E-state index contributed by atoms with van der Waals surface area (Å²) in [5, 5.41) is 15.7. The molecule has 1 saturated carbocycles. The number of nitrogen functional groups attached to an aromatic ring is 1. The van der Waals surface area contributed by atoms with E-state index in [1.54, 1.807) is 7.11 Å². The predicted molar refractivity (Wildman–Crippen MR) is 110 cm³/mol. The summed E-state index contributed by atoms with van der Waals surface area (Å²) in [4.78, 5) is 12.1. The van der Waals surface area contributed by atoms with Gasteiger partial charge in [-0.1, -0.05) is 30.3 Å². The molecule has 0 bridgehead atoms. The molecule has 1 heterocycles. The molecule has 150 valence electrons. The topological polar surface area (TPSA) is 119 Å². The molecule has 1 aromatic heterocycles. The number of amides is 1. The quantitative estimate of drug-likeness (QED) is 0.351. The van der Waals surface area contributed by atoms with Crippen molar-refractivity contribution < 1.29 is 9.53 Å². The van der Waals surface area contributed by atoms with E-state index in [9.17, 15) is 4.79 Å². The molecule has 3 rings (SSSR count). The molecule has 0 radical (unpaired) electrons. The number of carbonyl (C=O) groups is 1. The highest BCUT2D eigenvalue weighted by atomic mass is 32.2. The number of anilines is 1. The van der Waals surface area contributed by atoms with Crippen molar-refractivity contribution in [2.45, 2.75) is 43.8 Å². The van der Waals surface area contributed by atoms with Crippen LogP contribution in [0.2, 0.25) is 0 Å². The summed E-state index contributed by atoms with van der Waals surface area (Å²) in [6.07, 6.45) is 5.60. The molecule has 1 fully saturated rings. The number of ether oxygens (including phenoxy) is 1. The van der Waals surface area contributed by atoms with Gasteiger partial charge in [0.05, 0.1) is 12.9 Å². The number of nitrogens with two attached hydrogens (primary N) is 1. The number of thioether (sulfide) groups is 1. The fourth-order valence-corrected chi connectivity index (χ4v) is 3.46. The molecular formula is C18H25N7O2S. The van der Waals surface area contributed by atoms with Gasteiger partial charge in [-0.3, -0.25) is 4.79 Å². The van der Waals surface area contributed by atoms with Gasteiger partial charge >= 0.3 is 0 Å². The maximum atomic E-state index is 12.1. The SMILES string of the molecule is COc1ccc(CNC(=O)CSc2nnc(NN=C3CCCCC3)n2N)cc1. The lowest BCUT2D eigenvalue weighted by atomic mass is 9.99. The monoisotopic (exact) mass is 403 g/mol. The molecule has 9 nitrogen and oxygen atoms in total. The van der Waals surface area contributed by atoms with Gasteiger partial charge in [-0.05, 0) is 43.4 Å². The lowest BCUT2D eigenvalue weighted by molar-refractivity contribution is -0.118. The second-order valence-electron chi connectivity index (χ2n) is 6.44. The van der Waals surface area contributed by atoms with E-state index < -0.39 is 0 Å². The van der Waals surface area contributed by atoms with Crippen LogP contribution in [0.5, 0.6) is 5.75 Å². The Morgan fingerprint density at radius 1 is 1.25 bits per heavy atom. The van der Waals surface area contributed by atoms with Gasteiger partial charge in [-0.2, -0.15) is 5.10 Å². The third-order valence-electron chi connectivity index (χ3n) is 4.39. The predicted octanol–water partition coefficient (Wildman–Crippen LogP) is 2.14. The molecule has 1 aromatic carbocycles. The summed E-state index contributed by atoms with van der Waals surface area (Å²) in [6, 6.07) is 7.54. The zero-order chi connectivity index (χ0) is 19.8. The Hall–Kier alpha value is -2.75. The fraction of sp³-hybridized carbons (Fsp3) is 0.444. The second kappa shape index (κ2) is 9.98. The first-order chi connectivity index (χ1) is 13.7. The van der Waals surface area contributed by atoms with Gasteiger partial charge in [-0.15, -0.1) is 10.2 Å². The summed E-state index contributed by atoms with van der Waals surface area (Å²) in [5.41, 5.74) is 5.00. The first-order valence-electron chi connectivity index (χ1n) is 9.20.